The Kier molecular flexibility index (Phi) is 11.2. The average molecular weight is 407 g/mol. The van der Waals surface area contributed by atoms with Crippen molar-refractivity contribution in [3.05, 3.63) is 0 Å². The van der Waals surface area contributed by atoms with Crippen molar-refractivity contribution in [2.75, 3.05) is 25.7 Å². The lowest BCUT2D eigenvalue weighted by Crippen LogP contribution is -2.44. The van der Waals surface area contributed by atoms with Gasteiger partial charge in [0.2, 0.25) is 11.8 Å². The molecule has 0 aromatic heterocycles. The molecule has 2 atom stereocenters. The molecule has 2 N–H and O–H groups in total. The van der Waals surface area contributed by atoms with E-state index in [0.717, 1.165) is 12.8 Å². The summed E-state index contributed by atoms with van der Waals surface area (Å²) in [6, 6.07) is -1.49. The highest BCUT2D eigenvalue weighted by Crippen LogP contribution is 2.24. The zero-order valence-electron chi connectivity index (χ0n) is 15.1. The van der Waals surface area contributed by atoms with Crippen molar-refractivity contribution >= 4 is 45.3 Å². The van der Waals surface area contributed by atoms with Crippen molar-refractivity contribution in [3.63, 3.8) is 0 Å². The Labute approximate surface area is 161 Å². The third kappa shape index (κ3) is 8.79. The van der Waals surface area contributed by atoms with E-state index in [4.69, 9.17) is 9.47 Å². The van der Waals surface area contributed by atoms with Crippen molar-refractivity contribution < 1.29 is 28.7 Å². The first-order valence-electron chi connectivity index (χ1n) is 8.46. The largest absolute Gasteiger partial charge is 0.467 e. The van der Waals surface area contributed by atoms with Gasteiger partial charge in [-0.1, -0.05) is 34.4 Å². The lowest BCUT2D eigenvalue weighted by molar-refractivity contribution is -0.144. The number of amides is 2. The molecule has 1 aliphatic rings. The van der Waals surface area contributed by atoms with E-state index in [1.165, 1.54) is 35.8 Å². The fourth-order valence-electron chi connectivity index (χ4n) is 2.31. The molecule has 0 spiro atoms. The fourth-order valence-corrected chi connectivity index (χ4v) is 4.61. The van der Waals surface area contributed by atoms with Crippen LogP contribution in [0.1, 0.15) is 38.5 Å². The molecule has 1 fully saturated rings. The van der Waals surface area contributed by atoms with Gasteiger partial charge in [0.1, 0.15) is 12.1 Å². The maximum Gasteiger partial charge on any atom is 0.329 e. The molecule has 1 saturated heterocycles. The predicted molar refractivity (Wildman–Crippen MR) is 101 cm³/mol. The molecule has 0 saturated carbocycles. The first-order chi connectivity index (χ1) is 12.5. The summed E-state index contributed by atoms with van der Waals surface area (Å²) in [5.74, 6) is -0.808. The number of nitrogens with one attached hydrogen (secondary N) is 2. The molecule has 2 amide bonds. The highest BCUT2D eigenvalue weighted by molar-refractivity contribution is 8.76. The summed E-state index contributed by atoms with van der Waals surface area (Å²) in [6.45, 7) is 0. The zero-order chi connectivity index (χ0) is 19.4. The van der Waals surface area contributed by atoms with Gasteiger partial charge < -0.3 is 20.1 Å². The fraction of sp³-hybridized carbons (Fsp3) is 0.750. The number of hydrogen-bond acceptors (Lipinski definition) is 8. The van der Waals surface area contributed by atoms with Crippen LogP contribution in [0.4, 0.5) is 0 Å². The van der Waals surface area contributed by atoms with E-state index < -0.39 is 24.0 Å². The second-order valence-electron chi connectivity index (χ2n) is 5.77. The smallest absolute Gasteiger partial charge is 0.329 e. The highest BCUT2D eigenvalue weighted by atomic mass is 33.1. The molecule has 1 aliphatic heterocycles. The predicted octanol–water partition coefficient (Wildman–Crippen LogP) is 1.04. The van der Waals surface area contributed by atoms with Gasteiger partial charge in [0.05, 0.1) is 14.2 Å². The Balaban J connectivity index is 2.71. The van der Waals surface area contributed by atoms with E-state index >= 15 is 0 Å². The molecular weight excluding hydrogens is 380 g/mol. The van der Waals surface area contributed by atoms with Crippen LogP contribution < -0.4 is 10.6 Å². The van der Waals surface area contributed by atoms with Crippen LogP contribution in [0.25, 0.3) is 0 Å². The van der Waals surface area contributed by atoms with E-state index in [1.54, 1.807) is 0 Å². The van der Waals surface area contributed by atoms with Gasteiger partial charge in [0.15, 0.2) is 0 Å². The maximum absolute atomic E-state index is 12.0. The Morgan fingerprint density at radius 3 is 1.54 bits per heavy atom. The molecule has 10 heteroatoms. The SMILES string of the molecule is COC(=O)[C@@H]1CSSC[C@@H](C(=O)OC)NC(=O)CCCCCCC(=O)N1. The maximum atomic E-state index is 12.0. The minimum absolute atomic E-state index is 0.191. The molecular formula is C16H26N2O6S2. The Bertz CT molecular complexity index is 459. The normalized spacial score (nSPS) is 24.1. The molecule has 0 aromatic rings. The van der Waals surface area contributed by atoms with Crippen LogP contribution in [-0.4, -0.2) is 61.6 Å². The number of methoxy groups -OCH3 is 2. The van der Waals surface area contributed by atoms with Crippen LogP contribution in [0.5, 0.6) is 0 Å². The zero-order valence-corrected chi connectivity index (χ0v) is 16.7. The Hall–Kier alpha value is -1.42. The van der Waals surface area contributed by atoms with Gasteiger partial charge in [-0.3, -0.25) is 9.59 Å². The molecule has 148 valence electrons. The second-order valence-corrected chi connectivity index (χ2v) is 8.32. The number of ether oxygens (including phenoxy) is 2. The molecule has 1 heterocycles. The minimum atomic E-state index is -0.746. The highest BCUT2D eigenvalue weighted by Gasteiger charge is 2.24. The molecule has 1 rings (SSSR count). The molecule has 0 radical (unpaired) electrons. The van der Waals surface area contributed by atoms with Crippen molar-refractivity contribution in [2.45, 2.75) is 50.6 Å². The van der Waals surface area contributed by atoms with E-state index in [1.807, 2.05) is 0 Å². The van der Waals surface area contributed by atoms with E-state index in [-0.39, 0.29) is 11.8 Å². The van der Waals surface area contributed by atoms with Crippen molar-refractivity contribution in [2.24, 2.45) is 0 Å². The van der Waals surface area contributed by atoms with E-state index in [2.05, 4.69) is 10.6 Å². The summed E-state index contributed by atoms with van der Waals surface area (Å²) in [5, 5.41) is 5.39. The van der Waals surface area contributed by atoms with Gasteiger partial charge in [-0.15, -0.1) is 0 Å². The minimum Gasteiger partial charge on any atom is -0.467 e. The van der Waals surface area contributed by atoms with Gasteiger partial charge in [-0.25, -0.2) is 9.59 Å². The molecule has 0 aliphatic carbocycles. The van der Waals surface area contributed by atoms with Gasteiger partial charge in [-0.05, 0) is 12.8 Å². The molecule has 0 aromatic carbocycles. The summed E-state index contributed by atoms with van der Waals surface area (Å²) in [5.41, 5.74) is 0. The van der Waals surface area contributed by atoms with Crippen molar-refractivity contribution in [1.82, 2.24) is 10.6 Å². The lowest BCUT2D eigenvalue weighted by atomic mass is 10.1. The van der Waals surface area contributed by atoms with Crippen LogP contribution in [0.15, 0.2) is 0 Å². The summed E-state index contributed by atoms with van der Waals surface area (Å²) < 4.78 is 9.45. The quantitative estimate of drug-likeness (QED) is 0.517. The van der Waals surface area contributed by atoms with Crippen LogP contribution in [0.2, 0.25) is 0 Å². The molecule has 8 nitrogen and oxygen atoms in total. The average Bonchev–Trinajstić information content (AvgIpc) is 2.63. The molecule has 0 bridgehead atoms. The summed E-state index contributed by atoms with van der Waals surface area (Å²) in [4.78, 5) is 47.6. The Morgan fingerprint density at radius 1 is 0.808 bits per heavy atom. The van der Waals surface area contributed by atoms with E-state index in [0.29, 0.717) is 37.2 Å². The van der Waals surface area contributed by atoms with Crippen LogP contribution >= 0.6 is 21.6 Å². The van der Waals surface area contributed by atoms with Gasteiger partial charge in [0, 0.05) is 24.3 Å². The Morgan fingerprint density at radius 2 is 1.19 bits per heavy atom. The number of carbonyl (C=O) groups excluding carboxylic acids is 4. The summed E-state index contributed by atoms with van der Waals surface area (Å²) in [6.07, 6.45) is 3.68. The van der Waals surface area contributed by atoms with Gasteiger partial charge in [0.25, 0.3) is 0 Å². The van der Waals surface area contributed by atoms with Crippen molar-refractivity contribution in [1.29, 1.82) is 0 Å². The number of esters is 2. The summed E-state index contributed by atoms with van der Waals surface area (Å²) >= 11 is 0. The number of rotatable bonds is 2. The lowest BCUT2D eigenvalue weighted by Gasteiger charge is -2.18. The molecule has 0 unspecified atom stereocenters. The first kappa shape index (κ1) is 22.6. The second kappa shape index (κ2) is 12.9. The topological polar surface area (TPSA) is 111 Å². The summed E-state index contributed by atoms with van der Waals surface area (Å²) in [7, 11) is 5.18. The standard InChI is InChI=1S/C16H26N2O6S2/c1-23-15(21)11-9-25-26-10-12(16(22)24-2)18-14(20)8-6-4-3-5-7-13(19)17-11/h11-12H,3-10H2,1-2H3,(H,17,19)(H,18,20)/t11-,12-/m0/s1. The van der Waals surface area contributed by atoms with Crippen LogP contribution in [-0.2, 0) is 28.7 Å². The number of carbonyl (C=O) groups is 4. The van der Waals surface area contributed by atoms with Crippen LogP contribution in [0, 0.1) is 0 Å². The van der Waals surface area contributed by atoms with Crippen LogP contribution in [0.3, 0.4) is 0 Å². The monoisotopic (exact) mass is 406 g/mol. The first-order valence-corrected chi connectivity index (χ1v) is 11.0. The van der Waals surface area contributed by atoms with Crippen molar-refractivity contribution in [3.8, 4) is 0 Å². The molecule has 26 heavy (non-hydrogen) atoms. The third-order valence-corrected chi connectivity index (χ3v) is 6.17. The van der Waals surface area contributed by atoms with Gasteiger partial charge in [-0.2, -0.15) is 0 Å². The third-order valence-electron chi connectivity index (χ3n) is 3.75. The van der Waals surface area contributed by atoms with Gasteiger partial charge >= 0.3 is 11.9 Å². The number of hydrogen-bond donors (Lipinski definition) is 2. The van der Waals surface area contributed by atoms with E-state index in [9.17, 15) is 19.2 Å².